The highest BCUT2D eigenvalue weighted by Gasteiger charge is 2.65. The Hall–Kier alpha value is -2.47. The van der Waals surface area contributed by atoms with Crippen LogP contribution in [0.2, 0.25) is 0 Å². The van der Waals surface area contributed by atoms with Gasteiger partial charge >= 0.3 is 5.97 Å². The average molecular weight is 482 g/mol. The SMILES string of the molecule is C[C@@]1(Cn2ccnn2)S[C@H]2[C@@H](Br)C(=O)N2[C@H]1C(=O)OCc1ccc([N+](=O)[O-])cc1. The zero-order chi connectivity index (χ0) is 20.8. The number of thioether (sulfide) groups is 1. The molecule has 10 nitrogen and oxygen atoms in total. The number of aromatic nitrogens is 3. The molecule has 2 aliphatic heterocycles. The van der Waals surface area contributed by atoms with Crippen molar-refractivity contribution in [2.24, 2.45) is 0 Å². The van der Waals surface area contributed by atoms with Crippen LogP contribution in [0.25, 0.3) is 0 Å². The molecule has 0 unspecified atom stereocenters. The summed E-state index contributed by atoms with van der Waals surface area (Å²) in [5.74, 6) is -0.671. The van der Waals surface area contributed by atoms with E-state index in [4.69, 9.17) is 4.74 Å². The van der Waals surface area contributed by atoms with Crippen molar-refractivity contribution in [3.8, 4) is 0 Å². The Kier molecular flexibility index (Phi) is 5.07. The fraction of sp³-hybridized carbons (Fsp3) is 0.412. The largest absolute Gasteiger partial charge is 0.459 e. The Morgan fingerprint density at radius 1 is 1.41 bits per heavy atom. The van der Waals surface area contributed by atoms with Gasteiger partial charge in [-0.1, -0.05) is 21.1 Å². The zero-order valence-electron chi connectivity index (χ0n) is 15.2. The minimum absolute atomic E-state index is 0.0370. The predicted molar refractivity (Wildman–Crippen MR) is 106 cm³/mol. The molecule has 0 radical (unpaired) electrons. The van der Waals surface area contributed by atoms with Gasteiger partial charge in [-0.25, -0.2) is 4.79 Å². The summed E-state index contributed by atoms with van der Waals surface area (Å²) in [6, 6.07) is 5.01. The number of esters is 1. The van der Waals surface area contributed by atoms with Crippen LogP contribution in [0, 0.1) is 10.1 Å². The number of carbonyl (C=O) groups is 2. The van der Waals surface area contributed by atoms with Crippen LogP contribution in [0.15, 0.2) is 36.7 Å². The summed E-state index contributed by atoms with van der Waals surface area (Å²) in [5, 5.41) is 18.4. The first-order chi connectivity index (χ1) is 13.8. The minimum atomic E-state index is -0.777. The molecule has 1 aromatic carbocycles. The molecule has 2 fully saturated rings. The maximum absolute atomic E-state index is 13.0. The predicted octanol–water partition coefficient (Wildman–Crippen LogP) is 1.74. The Morgan fingerprint density at radius 3 is 2.76 bits per heavy atom. The van der Waals surface area contributed by atoms with E-state index in [0.29, 0.717) is 12.1 Å². The van der Waals surface area contributed by atoms with E-state index in [-0.39, 0.29) is 28.4 Å². The monoisotopic (exact) mass is 481 g/mol. The fourth-order valence-corrected chi connectivity index (χ4v) is 6.03. The van der Waals surface area contributed by atoms with Crippen molar-refractivity contribution in [1.29, 1.82) is 0 Å². The molecule has 4 rings (SSSR count). The molecular weight excluding hydrogens is 466 g/mol. The van der Waals surface area contributed by atoms with Gasteiger partial charge in [-0.05, 0) is 24.6 Å². The van der Waals surface area contributed by atoms with E-state index in [1.807, 2.05) is 6.92 Å². The van der Waals surface area contributed by atoms with E-state index in [1.54, 1.807) is 22.0 Å². The van der Waals surface area contributed by atoms with Crippen LogP contribution in [-0.2, 0) is 27.5 Å². The molecule has 0 aliphatic carbocycles. The van der Waals surface area contributed by atoms with Crippen LogP contribution in [0.5, 0.6) is 0 Å². The number of hydrogen-bond donors (Lipinski definition) is 0. The van der Waals surface area contributed by atoms with Crippen LogP contribution in [0.4, 0.5) is 5.69 Å². The maximum atomic E-state index is 13.0. The summed E-state index contributed by atoms with van der Waals surface area (Å²) < 4.78 is 6.47. The van der Waals surface area contributed by atoms with Gasteiger partial charge in [0, 0.05) is 18.3 Å². The van der Waals surface area contributed by atoms with Crippen LogP contribution < -0.4 is 0 Å². The highest BCUT2D eigenvalue weighted by Crippen LogP contribution is 2.53. The van der Waals surface area contributed by atoms with E-state index < -0.39 is 21.7 Å². The quantitative estimate of drug-likeness (QED) is 0.201. The summed E-state index contributed by atoms with van der Waals surface area (Å²) in [5.41, 5.74) is 0.586. The van der Waals surface area contributed by atoms with Gasteiger partial charge in [-0.2, -0.15) is 0 Å². The summed E-state index contributed by atoms with van der Waals surface area (Å²) in [6.45, 7) is 2.25. The third kappa shape index (κ3) is 3.50. The van der Waals surface area contributed by atoms with E-state index in [2.05, 4.69) is 26.2 Å². The lowest BCUT2D eigenvalue weighted by molar-refractivity contribution is -0.384. The second-order valence-electron chi connectivity index (χ2n) is 7.00. The molecule has 0 saturated carbocycles. The molecule has 1 amide bonds. The molecule has 0 bridgehead atoms. The van der Waals surface area contributed by atoms with Crippen LogP contribution in [0.3, 0.4) is 0 Å². The Labute approximate surface area is 177 Å². The van der Waals surface area contributed by atoms with Crippen molar-refractivity contribution in [2.75, 3.05) is 0 Å². The number of fused-ring (bicyclic) bond motifs is 1. The van der Waals surface area contributed by atoms with Crippen LogP contribution in [0.1, 0.15) is 12.5 Å². The molecule has 2 aromatic rings. The Bertz CT molecular complexity index is 956. The summed E-state index contributed by atoms with van der Waals surface area (Å²) in [4.78, 5) is 36.8. The second-order valence-corrected chi connectivity index (χ2v) is 9.64. The lowest BCUT2D eigenvalue weighted by Gasteiger charge is -2.41. The van der Waals surface area contributed by atoms with Crippen molar-refractivity contribution in [3.63, 3.8) is 0 Å². The number of alkyl halides is 1. The van der Waals surface area contributed by atoms with Crippen molar-refractivity contribution in [2.45, 2.75) is 41.1 Å². The molecule has 0 N–H and O–H groups in total. The number of ether oxygens (including phenoxy) is 1. The van der Waals surface area contributed by atoms with Gasteiger partial charge < -0.3 is 9.64 Å². The van der Waals surface area contributed by atoms with Crippen molar-refractivity contribution < 1.29 is 19.2 Å². The van der Waals surface area contributed by atoms with Crippen LogP contribution >= 0.6 is 27.7 Å². The molecule has 2 aliphatic rings. The molecular formula is C17H16BrN5O5S. The van der Waals surface area contributed by atoms with Crippen molar-refractivity contribution in [3.05, 3.63) is 52.3 Å². The molecule has 2 saturated heterocycles. The first-order valence-corrected chi connectivity index (χ1v) is 10.5. The number of nitrogens with zero attached hydrogens (tertiary/aromatic N) is 5. The maximum Gasteiger partial charge on any atom is 0.330 e. The lowest BCUT2D eigenvalue weighted by atomic mass is 9.96. The molecule has 12 heteroatoms. The number of rotatable bonds is 6. The number of benzene rings is 1. The van der Waals surface area contributed by atoms with Gasteiger partial charge in [0.05, 0.1) is 22.4 Å². The minimum Gasteiger partial charge on any atom is -0.459 e. The van der Waals surface area contributed by atoms with E-state index in [9.17, 15) is 19.7 Å². The molecule has 4 atom stereocenters. The topological polar surface area (TPSA) is 120 Å². The Balaban J connectivity index is 1.50. The molecule has 1 aromatic heterocycles. The third-order valence-electron chi connectivity index (χ3n) is 4.96. The smallest absolute Gasteiger partial charge is 0.330 e. The summed E-state index contributed by atoms with van der Waals surface area (Å²) >= 11 is 4.91. The van der Waals surface area contributed by atoms with E-state index in [1.165, 1.54) is 36.0 Å². The van der Waals surface area contributed by atoms with Gasteiger partial charge in [0.2, 0.25) is 5.91 Å². The summed E-state index contributed by atoms with van der Waals surface area (Å²) in [7, 11) is 0. The second kappa shape index (κ2) is 7.41. The summed E-state index contributed by atoms with van der Waals surface area (Å²) in [6.07, 6.45) is 3.26. The Morgan fingerprint density at radius 2 is 2.14 bits per heavy atom. The van der Waals surface area contributed by atoms with E-state index in [0.717, 1.165) is 0 Å². The number of β-lactam (4-membered cyclic amide) rings is 1. The number of non-ortho nitro benzene ring substituents is 1. The number of nitro benzene ring substituents is 1. The molecule has 152 valence electrons. The number of amides is 1. The lowest BCUT2D eigenvalue weighted by Crippen LogP contribution is -2.64. The van der Waals surface area contributed by atoms with E-state index >= 15 is 0 Å². The normalized spacial score (nSPS) is 28.0. The highest BCUT2D eigenvalue weighted by molar-refractivity contribution is 9.10. The fourth-order valence-electron chi connectivity index (χ4n) is 3.55. The molecule has 3 heterocycles. The first kappa shape index (κ1) is 19.8. The van der Waals surface area contributed by atoms with Gasteiger partial charge in [0.25, 0.3) is 5.69 Å². The number of carbonyl (C=O) groups excluding carboxylic acids is 2. The molecule has 29 heavy (non-hydrogen) atoms. The van der Waals surface area contributed by atoms with Gasteiger partial charge in [0.1, 0.15) is 22.8 Å². The molecule has 0 spiro atoms. The number of hydrogen-bond acceptors (Lipinski definition) is 8. The number of halogens is 1. The zero-order valence-corrected chi connectivity index (χ0v) is 17.6. The third-order valence-corrected chi connectivity index (χ3v) is 7.83. The van der Waals surface area contributed by atoms with Crippen LogP contribution in [-0.4, -0.2) is 57.7 Å². The number of nitro groups is 1. The average Bonchev–Trinajstić information content (AvgIpc) is 3.30. The van der Waals surface area contributed by atoms with Gasteiger partial charge in [-0.15, -0.1) is 16.9 Å². The van der Waals surface area contributed by atoms with Gasteiger partial charge in [0.15, 0.2) is 0 Å². The van der Waals surface area contributed by atoms with Crippen molar-refractivity contribution in [1.82, 2.24) is 19.9 Å². The highest BCUT2D eigenvalue weighted by atomic mass is 79.9. The van der Waals surface area contributed by atoms with Gasteiger partial charge in [-0.3, -0.25) is 19.6 Å². The standard InChI is InChI=1S/C17H16BrN5O5S/c1-17(9-21-7-6-19-20-21)13(22-14(24)12(18)15(22)29-17)16(25)28-8-10-2-4-11(5-3-10)23(26)27/h2-7,12-13,15H,8-9H2,1H3/t12-,13-,15-,17-/m0/s1. The first-order valence-electron chi connectivity index (χ1n) is 8.68. The van der Waals surface area contributed by atoms with Crippen molar-refractivity contribution >= 4 is 45.3 Å².